The maximum atomic E-state index is 10.5. The first-order valence-electron chi connectivity index (χ1n) is 4.10. The third kappa shape index (κ3) is 3.02. The van der Waals surface area contributed by atoms with Crippen LogP contribution in [0.25, 0.3) is 0 Å². The molecule has 16 heavy (non-hydrogen) atoms. The third-order valence-corrected chi connectivity index (χ3v) is 2.19. The smallest absolute Gasteiger partial charge is 0.347 e. The van der Waals surface area contributed by atoms with E-state index in [0.717, 1.165) is 11.3 Å². The molecule has 0 spiro atoms. The summed E-state index contributed by atoms with van der Waals surface area (Å²) in [7, 11) is 0. The standard InChI is InChI=1S/C8H8N3O4S/c1-4(7(13)14)15-11-5(2-12)6-3-16-8(9)10-6/h3-4H,1H3,(H2,9,10)(H,13,14)/b11-5+/t4-/m0/s1. The summed E-state index contributed by atoms with van der Waals surface area (Å²) in [6, 6.07) is 0. The highest BCUT2D eigenvalue weighted by atomic mass is 32.1. The molecule has 8 heteroatoms. The van der Waals surface area contributed by atoms with Gasteiger partial charge < -0.3 is 15.7 Å². The van der Waals surface area contributed by atoms with Crippen LogP contribution in [0.5, 0.6) is 0 Å². The van der Waals surface area contributed by atoms with Gasteiger partial charge in [-0.05, 0) is 6.92 Å². The van der Waals surface area contributed by atoms with E-state index in [1.807, 2.05) is 0 Å². The Labute approximate surface area is 94.5 Å². The van der Waals surface area contributed by atoms with Gasteiger partial charge in [-0.15, -0.1) is 11.3 Å². The zero-order valence-electron chi connectivity index (χ0n) is 8.21. The van der Waals surface area contributed by atoms with Crippen molar-refractivity contribution in [3.63, 3.8) is 0 Å². The topological polar surface area (TPSA) is 115 Å². The molecule has 0 aromatic carbocycles. The number of oxime groups is 1. The van der Waals surface area contributed by atoms with Crippen LogP contribution in [0.2, 0.25) is 0 Å². The van der Waals surface area contributed by atoms with Crippen molar-refractivity contribution in [1.82, 2.24) is 4.98 Å². The molecule has 0 saturated carbocycles. The van der Waals surface area contributed by atoms with Crippen LogP contribution < -0.4 is 5.73 Å². The average Bonchev–Trinajstić information content (AvgIpc) is 2.65. The minimum atomic E-state index is -1.19. The van der Waals surface area contributed by atoms with E-state index in [-0.39, 0.29) is 16.5 Å². The molecule has 0 amide bonds. The number of thiazole rings is 1. The molecule has 1 heterocycles. The highest BCUT2D eigenvalue weighted by Crippen LogP contribution is 2.11. The van der Waals surface area contributed by atoms with Gasteiger partial charge in [0.15, 0.2) is 10.8 Å². The summed E-state index contributed by atoms with van der Waals surface area (Å²) in [6.45, 7) is 1.28. The lowest BCUT2D eigenvalue weighted by molar-refractivity contribution is -0.149. The minimum absolute atomic E-state index is 0.204. The molecule has 0 bridgehead atoms. The molecule has 1 aromatic rings. The molecular formula is C8H8N3O4S. The number of rotatable bonds is 5. The summed E-state index contributed by atoms with van der Waals surface area (Å²) in [6.07, 6.45) is 0.343. The lowest BCUT2D eigenvalue weighted by atomic mass is 10.3. The van der Waals surface area contributed by atoms with Crippen LogP contribution in [0.4, 0.5) is 5.13 Å². The van der Waals surface area contributed by atoms with Gasteiger partial charge in [-0.25, -0.2) is 9.78 Å². The largest absolute Gasteiger partial charge is 0.478 e. The van der Waals surface area contributed by atoms with Crippen LogP contribution in [-0.2, 0) is 14.4 Å². The molecule has 1 radical (unpaired) electrons. The Kier molecular flexibility index (Phi) is 3.95. The van der Waals surface area contributed by atoms with Crippen LogP contribution >= 0.6 is 11.3 Å². The lowest BCUT2D eigenvalue weighted by Gasteiger charge is -2.03. The number of aromatic nitrogens is 1. The van der Waals surface area contributed by atoms with E-state index in [4.69, 9.17) is 10.8 Å². The number of aliphatic carboxylic acids is 1. The molecule has 1 atom stereocenters. The van der Waals surface area contributed by atoms with E-state index in [1.165, 1.54) is 18.6 Å². The Morgan fingerprint density at radius 2 is 2.50 bits per heavy atom. The molecule has 0 unspecified atom stereocenters. The van der Waals surface area contributed by atoms with Crippen molar-refractivity contribution in [2.45, 2.75) is 13.0 Å². The molecule has 0 aliphatic heterocycles. The number of carbonyl (C=O) groups is 1. The Morgan fingerprint density at radius 1 is 1.81 bits per heavy atom. The fourth-order valence-electron chi connectivity index (χ4n) is 0.691. The number of hydrogen-bond acceptors (Lipinski definition) is 7. The van der Waals surface area contributed by atoms with Crippen molar-refractivity contribution in [1.29, 1.82) is 0 Å². The van der Waals surface area contributed by atoms with E-state index >= 15 is 0 Å². The first-order valence-corrected chi connectivity index (χ1v) is 4.98. The number of hydrogen-bond donors (Lipinski definition) is 2. The normalized spacial score (nSPS) is 13.2. The van der Waals surface area contributed by atoms with Gasteiger partial charge in [-0.1, -0.05) is 5.16 Å². The SMILES string of the molecule is C[C@H](O/N=C(\[C]=O)c1csc(N)n1)C(=O)O. The monoisotopic (exact) mass is 242 g/mol. The van der Waals surface area contributed by atoms with E-state index < -0.39 is 12.1 Å². The zero-order chi connectivity index (χ0) is 12.1. The number of nitrogen functional groups attached to an aromatic ring is 1. The zero-order valence-corrected chi connectivity index (χ0v) is 9.02. The predicted molar refractivity (Wildman–Crippen MR) is 56.9 cm³/mol. The molecule has 0 fully saturated rings. The van der Waals surface area contributed by atoms with Gasteiger partial charge in [0, 0.05) is 5.38 Å². The van der Waals surface area contributed by atoms with Crippen LogP contribution in [0.3, 0.4) is 0 Å². The molecule has 0 aliphatic carbocycles. The molecule has 7 nitrogen and oxygen atoms in total. The fourth-order valence-corrected chi connectivity index (χ4v) is 1.24. The second-order valence-electron chi connectivity index (χ2n) is 2.70. The van der Waals surface area contributed by atoms with Gasteiger partial charge in [0.2, 0.25) is 6.10 Å². The van der Waals surface area contributed by atoms with E-state index in [0.29, 0.717) is 0 Å². The van der Waals surface area contributed by atoms with Crippen molar-refractivity contribution in [2.75, 3.05) is 5.73 Å². The van der Waals surface area contributed by atoms with Gasteiger partial charge in [0.05, 0.1) is 0 Å². The Balaban J connectivity index is 2.79. The number of nitrogens with two attached hydrogens (primary N) is 1. The number of anilines is 1. The summed E-state index contributed by atoms with van der Waals surface area (Å²) in [5, 5.41) is 13.6. The molecule has 85 valence electrons. The van der Waals surface area contributed by atoms with Crippen molar-refractivity contribution < 1.29 is 19.5 Å². The number of carboxylic acid groups (broad SMARTS) is 1. The lowest BCUT2D eigenvalue weighted by Crippen LogP contribution is -2.18. The summed E-state index contributed by atoms with van der Waals surface area (Å²) in [5.74, 6) is -1.19. The van der Waals surface area contributed by atoms with Crippen molar-refractivity contribution in [2.24, 2.45) is 5.16 Å². The van der Waals surface area contributed by atoms with Crippen LogP contribution in [0.1, 0.15) is 12.6 Å². The predicted octanol–water partition coefficient (Wildman–Crippen LogP) is 0.0288. The second-order valence-corrected chi connectivity index (χ2v) is 3.59. The summed E-state index contributed by atoms with van der Waals surface area (Å²) in [5.41, 5.74) is 5.35. The van der Waals surface area contributed by atoms with Crippen molar-refractivity contribution >= 4 is 34.4 Å². The molecule has 3 N–H and O–H groups in total. The maximum absolute atomic E-state index is 10.5. The molecule has 0 aliphatic rings. The van der Waals surface area contributed by atoms with E-state index in [2.05, 4.69) is 15.0 Å². The highest BCUT2D eigenvalue weighted by molar-refractivity contribution is 7.13. The Bertz CT molecular complexity index is 429. The number of carboxylic acids is 1. The van der Waals surface area contributed by atoms with E-state index in [1.54, 1.807) is 0 Å². The third-order valence-electron chi connectivity index (χ3n) is 1.51. The van der Waals surface area contributed by atoms with Gasteiger partial charge in [-0.2, -0.15) is 0 Å². The van der Waals surface area contributed by atoms with Gasteiger partial charge in [0.1, 0.15) is 5.69 Å². The summed E-state index contributed by atoms with van der Waals surface area (Å²) >= 11 is 1.12. The first kappa shape index (κ1) is 12.1. The van der Waals surface area contributed by atoms with Gasteiger partial charge in [0.25, 0.3) is 6.29 Å². The molecular weight excluding hydrogens is 234 g/mol. The second kappa shape index (κ2) is 5.21. The van der Waals surface area contributed by atoms with Crippen LogP contribution in [-0.4, -0.2) is 34.2 Å². The molecule has 1 aromatic heterocycles. The Hall–Kier alpha value is -1.96. The van der Waals surface area contributed by atoms with Crippen LogP contribution in [0.15, 0.2) is 10.5 Å². The number of nitrogens with zero attached hydrogens (tertiary/aromatic N) is 2. The summed E-state index contributed by atoms with van der Waals surface area (Å²) < 4.78 is 0. The van der Waals surface area contributed by atoms with E-state index in [9.17, 15) is 9.59 Å². The average molecular weight is 242 g/mol. The highest BCUT2D eigenvalue weighted by Gasteiger charge is 2.14. The minimum Gasteiger partial charge on any atom is -0.478 e. The Morgan fingerprint density at radius 3 is 2.94 bits per heavy atom. The van der Waals surface area contributed by atoms with Crippen LogP contribution in [0, 0.1) is 0 Å². The van der Waals surface area contributed by atoms with Gasteiger partial charge in [-0.3, -0.25) is 4.79 Å². The number of carbonyl (C=O) groups excluding carboxylic acids is 1. The van der Waals surface area contributed by atoms with Crippen molar-refractivity contribution in [3.05, 3.63) is 11.1 Å². The van der Waals surface area contributed by atoms with Gasteiger partial charge >= 0.3 is 5.97 Å². The quantitative estimate of drug-likeness (QED) is 0.556. The molecule has 1 rings (SSSR count). The maximum Gasteiger partial charge on any atom is 0.347 e. The summed E-state index contributed by atoms with van der Waals surface area (Å²) in [4.78, 5) is 29.3. The fraction of sp³-hybridized carbons (Fsp3) is 0.250. The first-order chi connectivity index (χ1) is 7.54. The molecule has 0 saturated heterocycles. The van der Waals surface area contributed by atoms with Crippen molar-refractivity contribution in [3.8, 4) is 0 Å².